The molecule has 5 rings (SSSR count). The largest absolute Gasteiger partial charge is 0.446 e. The van der Waals surface area contributed by atoms with E-state index in [1.54, 1.807) is 18.2 Å². The molecule has 0 saturated heterocycles. The van der Waals surface area contributed by atoms with Gasteiger partial charge in [-0.1, -0.05) is 12.5 Å². The van der Waals surface area contributed by atoms with E-state index < -0.39 is 23.5 Å². The number of halogens is 2. The summed E-state index contributed by atoms with van der Waals surface area (Å²) in [5.74, 6) is -1.84. The minimum Gasteiger partial charge on any atom is -0.446 e. The summed E-state index contributed by atoms with van der Waals surface area (Å²) in [6.07, 6.45) is 4.33. The van der Waals surface area contributed by atoms with Crippen LogP contribution in [0.25, 0.3) is 11.0 Å². The predicted octanol–water partition coefficient (Wildman–Crippen LogP) is 4.76. The maximum absolute atomic E-state index is 14.5. The molecule has 0 spiro atoms. The number of benzene rings is 2. The van der Waals surface area contributed by atoms with Gasteiger partial charge in [0.05, 0.1) is 22.3 Å². The number of aromatic nitrogens is 2. The molecule has 164 valence electrons. The Morgan fingerprint density at radius 1 is 1.06 bits per heavy atom. The van der Waals surface area contributed by atoms with E-state index >= 15 is 0 Å². The molecular weight excluding hydrogens is 418 g/mol. The normalized spacial score (nSPS) is 16.6. The van der Waals surface area contributed by atoms with Crippen molar-refractivity contribution in [1.29, 1.82) is 0 Å². The topological polar surface area (TPSA) is 96.4 Å². The highest BCUT2D eigenvalue weighted by atomic mass is 19.1. The number of aliphatic imine (C=N–C) groups is 1. The van der Waals surface area contributed by atoms with Crippen LogP contribution in [0.1, 0.15) is 53.6 Å². The van der Waals surface area contributed by atoms with Crippen LogP contribution >= 0.6 is 0 Å². The fraction of sp³-hybridized carbons (Fsp3) is 0.304. The Labute approximate surface area is 181 Å². The third-order valence-corrected chi connectivity index (χ3v) is 5.80. The Bertz CT molecular complexity index is 1260. The van der Waals surface area contributed by atoms with E-state index in [2.05, 4.69) is 20.3 Å². The summed E-state index contributed by atoms with van der Waals surface area (Å²) in [6, 6.07) is 6.93. The van der Waals surface area contributed by atoms with Crippen LogP contribution in [0.2, 0.25) is 0 Å². The molecule has 32 heavy (non-hydrogen) atoms. The lowest BCUT2D eigenvalue weighted by Gasteiger charge is -2.21. The Kier molecular flexibility index (Phi) is 5.16. The molecule has 0 atom stereocenters. The zero-order valence-corrected chi connectivity index (χ0v) is 17.1. The van der Waals surface area contributed by atoms with E-state index in [0.717, 1.165) is 44.2 Å². The first-order valence-electron chi connectivity index (χ1n) is 10.5. The SMILES string of the molecule is O=C(Nc1nc2ccc(C3=NCC(=O)c4c(F)ccc(F)c43)cc2[nH]1)OC1CCCCC1. The smallest absolute Gasteiger partial charge is 0.414 e. The van der Waals surface area contributed by atoms with Crippen LogP contribution in [-0.4, -0.2) is 40.2 Å². The van der Waals surface area contributed by atoms with Crippen LogP contribution in [-0.2, 0) is 4.74 Å². The van der Waals surface area contributed by atoms with E-state index in [4.69, 9.17) is 4.74 Å². The number of anilines is 1. The maximum Gasteiger partial charge on any atom is 0.414 e. The zero-order chi connectivity index (χ0) is 22.2. The number of fused-ring (bicyclic) bond motifs is 2. The Morgan fingerprint density at radius 3 is 2.59 bits per heavy atom. The minimum absolute atomic E-state index is 0.0814. The van der Waals surface area contributed by atoms with Gasteiger partial charge in [-0.25, -0.2) is 18.6 Å². The number of carbonyl (C=O) groups is 2. The van der Waals surface area contributed by atoms with Gasteiger partial charge in [-0.3, -0.25) is 15.1 Å². The van der Waals surface area contributed by atoms with Gasteiger partial charge in [0.2, 0.25) is 5.95 Å². The second-order valence-corrected chi connectivity index (χ2v) is 7.97. The summed E-state index contributed by atoms with van der Waals surface area (Å²) in [4.78, 5) is 35.8. The lowest BCUT2D eigenvalue weighted by atomic mass is 9.91. The molecular formula is C23H20F2N4O3. The van der Waals surface area contributed by atoms with Crippen LogP contribution < -0.4 is 5.32 Å². The summed E-state index contributed by atoms with van der Waals surface area (Å²) in [5.41, 5.74) is 1.39. The van der Waals surface area contributed by atoms with Gasteiger partial charge >= 0.3 is 6.09 Å². The maximum atomic E-state index is 14.5. The van der Waals surface area contributed by atoms with Crippen molar-refractivity contribution in [2.45, 2.75) is 38.2 Å². The van der Waals surface area contributed by atoms with E-state index in [-0.39, 0.29) is 35.4 Å². The first-order chi connectivity index (χ1) is 15.5. The number of ether oxygens (including phenoxy) is 1. The van der Waals surface area contributed by atoms with Crippen molar-refractivity contribution in [1.82, 2.24) is 9.97 Å². The van der Waals surface area contributed by atoms with Crippen LogP contribution in [0.3, 0.4) is 0 Å². The highest BCUT2D eigenvalue weighted by Crippen LogP contribution is 2.27. The van der Waals surface area contributed by atoms with Gasteiger partial charge in [0.1, 0.15) is 24.3 Å². The van der Waals surface area contributed by atoms with Gasteiger partial charge in [0.25, 0.3) is 0 Å². The van der Waals surface area contributed by atoms with Gasteiger partial charge in [-0.2, -0.15) is 0 Å². The van der Waals surface area contributed by atoms with Crippen LogP contribution in [0, 0.1) is 11.6 Å². The molecule has 2 aliphatic rings. The molecule has 1 amide bonds. The van der Waals surface area contributed by atoms with Gasteiger partial charge in [0, 0.05) is 11.1 Å². The molecule has 3 aromatic rings. The number of rotatable bonds is 3. The average molecular weight is 438 g/mol. The van der Waals surface area contributed by atoms with Crippen LogP contribution in [0.4, 0.5) is 19.5 Å². The van der Waals surface area contributed by atoms with Crippen LogP contribution in [0.15, 0.2) is 35.3 Å². The highest BCUT2D eigenvalue weighted by Gasteiger charge is 2.28. The third-order valence-electron chi connectivity index (χ3n) is 5.80. The molecule has 2 heterocycles. The number of H-pyrrole nitrogens is 1. The minimum atomic E-state index is -0.774. The molecule has 0 radical (unpaired) electrons. The van der Waals surface area contributed by atoms with Crippen molar-refractivity contribution >= 4 is 34.6 Å². The van der Waals surface area contributed by atoms with Crippen molar-refractivity contribution in [3.63, 3.8) is 0 Å². The van der Waals surface area contributed by atoms with Crippen molar-refractivity contribution < 1.29 is 23.1 Å². The highest BCUT2D eigenvalue weighted by molar-refractivity contribution is 6.22. The van der Waals surface area contributed by atoms with Crippen molar-refractivity contribution in [2.75, 3.05) is 11.9 Å². The predicted molar refractivity (Wildman–Crippen MR) is 114 cm³/mol. The molecule has 9 heteroatoms. The summed E-state index contributed by atoms with van der Waals surface area (Å²) in [7, 11) is 0. The van der Waals surface area contributed by atoms with E-state index in [1.165, 1.54) is 0 Å². The molecule has 0 bridgehead atoms. The molecule has 2 N–H and O–H groups in total. The quantitative estimate of drug-likeness (QED) is 0.616. The number of imidazole rings is 1. The number of carbonyl (C=O) groups excluding carboxylic acids is 2. The zero-order valence-electron chi connectivity index (χ0n) is 17.1. The number of aromatic amines is 1. The van der Waals surface area contributed by atoms with Crippen molar-refractivity contribution in [3.05, 3.63) is 58.7 Å². The summed E-state index contributed by atoms with van der Waals surface area (Å²) in [6.45, 7) is -0.260. The van der Waals surface area contributed by atoms with Crippen molar-refractivity contribution in [3.8, 4) is 0 Å². The molecule has 1 fully saturated rings. The lowest BCUT2D eigenvalue weighted by molar-refractivity contribution is 0.0863. The lowest BCUT2D eigenvalue weighted by Crippen LogP contribution is -2.24. The number of hydrogen-bond acceptors (Lipinski definition) is 5. The number of hydrogen-bond donors (Lipinski definition) is 2. The van der Waals surface area contributed by atoms with E-state index in [1.807, 2.05) is 0 Å². The Balaban J connectivity index is 1.41. The monoisotopic (exact) mass is 438 g/mol. The first kappa shape index (κ1) is 20.3. The Morgan fingerprint density at radius 2 is 1.81 bits per heavy atom. The summed E-state index contributed by atoms with van der Waals surface area (Å²) >= 11 is 0. The Hall–Kier alpha value is -3.62. The van der Waals surface area contributed by atoms with Crippen LogP contribution in [0.5, 0.6) is 0 Å². The number of ketones is 1. The molecule has 1 saturated carbocycles. The van der Waals surface area contributed by atoms with Gasteiger partial charge in [-0.05, 0) is 49.9 Å². The molecule has 1 aliphatic heterocycles. The number of amides is 1. The number of nitrogens with one attached hydrogen (secondary N) is 2. The second-order valence-electron chi connectivity index (χ2n) is 7.97. The fourth-order valence-electron chi connectivity index (χ4n) is 4.28. The number of Topliss-reactive ketones (excluding diaryl/α,β-unsaturated/α-hetero) is 1. The van der Waals surface area contributed by atoms with Crippen molar-refractivity contribution in [2.24, 2.45) is 4.99 Å². The summed E-state index contributed by atoms with van der Waals surface area (Å²) in [5, 5.41) is 2.60. The first-order valence-corrected chi connectivity index (χ1v) is 10.5. The standard InChI is InChI=1S/C23H20F2N4O3/c24-14-7-8-15(25)20-19(14)18(30)11-26-21(20)12-6-9-16-17(10-12)28-22(27-16)29-23(31)32-13-4-2-1-3-5-13/h6-10,13H,1-5,11H2,(H2,27,28,29,31). The average Bonchev–Trinajstić information content (AvgIpc) is 3.18. The molecule has 0 unspecified atom stereocenters. The van der Waals surface area contributed by atoms with E-state index in [9.17, 15) is 18.4 Å². The van der Waals surface area contributed by atoms with Gasteiger partial charge in [0.15, 0.2) is 5.78 Å². The molecule has 1 aromatic heterocycles. The molecule has 2 aromatic carbocycles. The fourth-order valence-corrected chi connectivity index (χ4v) is 4.28. The summed E-state index contributed by atoms with van der Waals surface area (Å²) < 4.78 is 34.2. The van der Waals surface area contributed by atoms with Gasteiger partial charge in [-0.15, -0.1) is 0 Å². The van der Waals surface area contributed by atoms with Gasteiger partial charge < -0.3 is 9.72 Å². The number of nitrogens with zero attached hydrogens (tertiary/aromatic N) is 2. The second kappa shape index (κ2) is 8.14. The van der Waals surface area contributed by atoms with E-state index in [0.29, 0.717) is 16.6 Å². The molecule has 1 aliphatic carbocycles. The molecule has 7 nitrogen and oxygen atoms in total. The third kappa shape index (κ3) is 3.74.